The SMILES string of the molecule is CCCC(Cn1ccnc1-c1ccccc1)NC. The van der Waals surface area contributed by atoms with Gasteiger partial charge in [-0.15, -0.1) is 0 Å². The molecule has 0 amide bonds. The second-order valence-electron chi connectivity index (χ2n) is 4.54. The molecule has 0 radical (unpaired) electrons. The molecule has 96 valence electrons. The Labute approximate surface area is 109 Å². The van der Waals surface area contributed by atoms with Crippen LogP contribution in [-0.4, -0.2) is 22.6 Å². The number of hydrogen-bond donors (Lipinski definition) is 1. The van der Waals surface area contributed by atoms with E-state index >= 15 is 0 Å². The predicted molar refractivity (Wildman–Crippen MR) is 75.4 cm³/mol. The summed E-state index contributed by atoms with van der Waals surface area (Å²) in [5, 5.41) is 3.37. The summed E-state index contributed by atoms with van der Waals surface area (Å²) >= 11 is 0. The lowest BCUT2D eigenvalue weighted by Crippen LogP contribution is -2.30. The topological polar surface area (TPSA) is 29.9 Å². The highest BCUT2D eigenvalue weighted by atomic mass is 15.1. The second-order valence-corrected chi connectivity index (χ2v) is 4.54. The highest BCUT2D eigenvalue weighted by Crippen LogP contribution is 2.17. The van der Waals surface area contributed by atoms with Crippen molar-refractivity contribution in [1.82, 2.24) is 14.9 Å². The van der Waals surface area contributed by atoms with Gasteiger partial charge in [0.25, 0.3) is 0 Å². The molecular formula is C15H21N3. The van der Waals surface area contributed by atoms with Crippen LogP contribution in [0, 0.1) is 0 Å². The highest BCUT2D eigenvalue weighted by molar-refractivity contribution is 5.55. The molecule has 0 aliphatic heterocycles. The molecule has 3 heteroatoms. The summed E-state index contributed by atoms with van der Waals surface area (Å²) in [6, 6.07) is 10.8. The molecule has 1 aromatic heterocycles. The van der Waals surface area contributed by atoms with Gasteiger partial charge in [0.2, 0.25) is 0 Å². The maximum Gasteiger partial charge on any atom is 0.139 e. The van der Waals surface area contributed by atoms with E-state index < -0.39 is 0 Å². The molecule has 2 rings (SSSR count). The largest absolute Gasteiger partial charge is 0.329 e. The monoisotopic (exact) mass is 243 g/mol. The normalized spacial score (nSPS) is 12.6. The van der Waals surface area contributed by atoms with Crippen LogP contribution in [0.15, 0.2) is 42.7 Å². The number of aromatic nitrogens is 2. The number of nitrogens with one attached hydrogen (secondary N) is 1. The summed E-state index contributed by atoms with van der Waals surface area (Å²) < 4.78 is 2.23. The average molecular weight is 243 g/mol. The van der Waals surface area contributed by atoms with Crippen molar-refractivity contribution in [3.8, 4) is 11.4 Å². The van der Waals surface area contributed by atoms with Gasteiger partial charge >= 0.3 is 0 Å². The summed E-state index contributed by atoms with van der Waals surface area (Å²) in [5.74, 6) is 1.05. The van der Waals surface area contributed by atoms with Crippen LogP contribution in [0.3, 0.4) is 0 Å². The number of nitrogens with zero attached hydrogens (tertiary/aromatic N) is 2. The lowest BCUT2D eigenvalue weighted by Gasteiger charge is -2.17. The third-order valence-electron chi connectivity index (χ3n) is 3.21. The molecule has 0 aliphatic carbocycles. The Balaban J connectivity index is 2.18. The van der Waals surface area contributed by atoms with Crippen molar-refractivity contribution in [1.29, 1.82) is 0 Å². The van der Waals surface area contributed by atoms with Crippen molar-refractivity contribution in [2.24, 2.45) is 0 Å². The Morgan fingerprint density at radius 2 is 2.06 bits per heavy atom. The predicted octanol–water partition coefficient (Wildman–Crippen LogP) is 2.94. The first-order chi connectivity index (χ1) is 8.85. The van der Waals surface area contributed by atoms with E-state index in [1.165, 1.54) is 18.4 Å². The standard InChI is InChI=1S/C15H21N3/c1-3-7-14(16-2)12-18-11-10-17-15(18)13-8-5-4-6-9-13/h4-6,8-11,14,16H,3,7,12H2,1-2H3. The third kappa shape index (κ3) is 2.99. The molecule has 0 aliphatic rings. The summed E-state index contributed by atoms with van der Waals surface area (Å²) in [5.41, 5.74) is 1.17. The maximum absolute atomic E-state index is 4.47. The minimum absolute atomic E-state index is 0.506. The number of benzene rings is 1. The Kier molecular flexibility index (Phi) is 4.53. The zero-order valence-electron chi connectivity index (χ0n) is 11.1. The molecule has 1 heterocycles. The first-order valence-electron chi connectivity index (χ1n) is 6.59. The van der Waals surface area contributed by atoms with Gasteiger partial charge in [-0.3, -0.25) is 0 Å². The van der Waals surface area contributed by atoms with E-state index in [1.807, 2.05) is 19.3 Å². The molecule has 1 aromatic carbocycles. The Hall–Kier alpha value is -1.61. The second kappa shape index (κ2) is 6.36. The fourth-order valence-corrected chi connectivity index (χ4v) is 2.22. The van der Waals surface area contributed by atoms with Crippen molar-refractivity contribution in [2.45, 2.75) is 32.4 Å². The Morgan fingerprint density at radius 3 is 2.72 bits per heavy atom. The van der Waals surface area contributed by atoms with Crippen molar-refractivity contribution in [3.05, 3.63) is 42.7 Å². The first-order valence-corrected chi connectivity index (χ1v) is 6.59. The molecule has 0 saturated heterocycles. The number of rotatable bonds is 6. The molecular weight excluding hydrogens is 222 g/mol. The summed E-state index contributed by atoms with van der Waals surface area (Å²) in [7, 11) is 2.03. The van der Waals surface area contributed by atoms with E-state index in [4.69, 9.17) is 0 Å². The lowest BCUT2D eigenvalue weighted by molar-refractivity contribution is 0.451. The van der Waals surface area contributed by atoms with Gasteiger partial charge in [-0.25, -0.2) is 4.98 Å². The van der Waals surface area contributed by atoms with E-state index in [0.29, 0.717) is 6.04 Å². The number of hydrogen-bond acceptors (Lipinski definition) is 2. The van der Waals surface area contributed by atoms with Gasteiger partial charge < -0.3 is 9.88 Å². The van der Waals surface area contributed by atoms with E-state index in [9.17, 15) is 0 Å². The van der Waals surface area contributed by atoms with E-state index in [2.05, 4.69) is 52.3 Å². The van der Waals surface area contributed by atoms with Crippen LogP contribution in [0.25, 0.3) is 11.4 Å². The van der Waals surface area contributed by atoms with Crippen LogP contribution in [-0.2, 0) is 6.54 Å². The molecule has 1 atom stereocenters. The van der Waals surface area contributed by atoms with Gasteiger partial charge in [-0.2, -0.15) is 0 Å². The molecule has 18 heavy (non-hydrogen) atoms. The fraction of sp³-hybridized carbons (Fsp3) is 0.400. The smallest absolute Gasteiger partial charge is 0.139 e. The van der Waals surface area contributed by atoms with Gasteiger partial charge in [0.05, 0.1) is 0 Å². The summed E-state index contributed by atoms with van der Waals surface area (Å²) in [6.07, 6.45) is 6.31. The summed E-state index contributed by atoms with van der Waals surface area (Å²) in [6.45, 7) is 3.19. The first kappa shape index (κ1) is 12.8. The van der Waals surface area contributed by atoms with Crippen LogP contribution in [0.4, 0.5) is 0 Å². The minimum Gasteiger partial charge on any atom is -0.329 e. The number of likely N-dealkylation sites (N-methyl/N-ethyl adjacent to an activating group) is 1. The minimum atomic E-state index is 0.506. The van der Waals surface area contributed by atoms with Crippen molar-refractivity contribution < 1.29 is 0 Å². The summed E-state index contributed by atoms with van der Waals surface area (Å²) in [4.78, 5) is 4.47. The number of imidazole rings is 1. The van der Waals surface area contributed by atoms with Crippen LogP contribution >= 0.6 is 0 Å². The van der Waals surface area contributed by atoms with Crippen molar-refractivity contribution in [3.63, 3.8) is 0 Å². The van der Waals surface area contributed by atoms with Gasteiger partial charge in [0.15, 0.2) is 0 Å². The van der Waals surface area contributed by atoms with Crippen LogP contribution in [0.5, 0.6) is 0 Å². The van der Waals surface area contributed by atoms with Gasteiger partial charge in [-0.05, 0) is 13.5 Å². The average Bonchev–Trinajstić information content (AvgIpc) is 2.87. The molecule has 0 fully saturated rings. The Morgan fingerprint density at radius 1 is 1.28 bits per heavy atom. The Bertz CT molecular complexity index is 462. The molecule has 2 aromatic rings. The molecule has 3 nitrogen and oxygen atoms in total. The highest BCUT2D eigenvalue weighted by Gasteiger charge is 2.10. The van der Waals surface area contributed by atoms with Crippen molar-refractivity contribution >= 4 is 0 Å². The van der Waals surface area contributed by atoms with Crippen LogP contribution in [0.1, 0.15) is 19.8 Å². The quantitative estimate of drug-likeness (QED) is 0.845. The van der Waals surface area contributed by atoms with Crippen LogP contribution < -0.4 is 5.32 Å². The zero-order valence-corrected chi connectivity index (χ0v) is 11.1. The fourth-order valence-electron chi connectivity index (χ4n) is 2.22. The molecule has 0 spiro atoms. The van der Waals surface area contributed by atoms with E-state index in [0.717, 1.165) is 12.4 Å². The third-order valence-corrected chi connectivity index (χ3v) is 3.21. The van der Waals surface area contributed by atoms with Gasteiger partial charge in [-0.1, -0.05) is 43.7 Å². The zero-order chi connectivity index (χ0) is 12.8. The van der Waals surface area contributed by atoms with E-state index in [-0.39, 0.29) is 0 Å². The molecule has 0 saturated carbocycles. The van der Waals surface area contributed by atoms with Gasteiger partial charge in [0.1, 0.15) is 5.82 Å². The van der Waals surface area contributed by atoms with Gasteiger partial charge in [0, 0.05) is 30.5 Å². The van der Waals surface area contributed by atoms with E-state index in [1.54, 1.807) is 0 Å². The van der Waals surface area contributed by atoms with Crippen LogP contribution in [0.2, 0.25) is 0 Å². The molecule has 0 bridgehead atoms. The molecule has 1 unspecified atom stereocenters. The van der Waals surface area contributed by atoms with Crippen molar-refractivity contribution in [2.75, 3.05) is 7.05 Å². The molecule has 1 N–H and O–H groups in total. The lowest BCUT2D eigenvalue weighted by atomic mass is 10.1. The maximum atomic E-state index is 4.47.